The van der Waals surface area contributed by atoms with Crippen molar-refractivity contribution in [3.05, 3.63) is 12.2 Å². The Morgan fingerprint density at radius 1 is 0.641 bits per heavy atom. The molecule has 0 amide bonds. The minimum atomic E-state index is -0.574. The normalized spacial score (nSPS) is 30.6. The van der Waals surface area contributed by atoms with Crippen molar-refractivity contribution in [1.29, 1.82) is 0 Å². The quantitative estimate of drug-likeness (QED) is 0.170. The Hall–Kier alpha value is -1.27. The fourth-order valence-electron chi connectivity index (χ4n) is 7.10. The van der Waals surface area contributed by atoms with Gasteiger partial charge in [-0.1, -0.05) is 0 Å². The first-order valence-electron chi connectivity index (χ1n) is 14.4. The van der Waals surface area contributed by atoms with E-state index in [2.05, 4.69) is 9.80 Å². The van der Waals surface area contributed by atoms with Crippen LogP contribution in [0, 0.1) is 10.8 Å². The van der Waals surface area contributed by atoms with Gasteiger partial charge in [0.1, 0.15) is 0 Å². The lowest BCUT2D eigenvalue weighted by Crippen LogP contribution is -2.49. The second-order valence-electron chi connectivity index (χ2n) is 11.7. The summed E-state index contributed by atoms with van der Waals surface area (Å²) in [4.78, 5) is 28.3. The van der Waals surface area contributed by atoms with Crippen molar-refractivity contribution in [2.75, 3.05) is 52.5 Å². The molecule has 0 bridgehead atoms. The fourth-order valence-corrected chi connectivity index (χ4v) is 7.10. The van der Waals surface area contributed by atoms with Gasteiger partial charge in [0.25, 0.3) is 0 Å². The van der Waals surface area contributed by atoms with Crippen molar-refractivity contribution >= 4 is 24.3 Å². The first-order valence-corrected chi connectivity index (χ1v) is 14.4. The third-order valence-electron chi connectivity index (χ3n) is 9.74. The number of likely N-dealkylation sites (tertiary alicyclic amines) is 2. The number of nitrogens with zero attached hydrogens (tertiary/aromatic N) is 2. The molecule has 0 aromatic rings. The van der Waals surface area contributed by atoms with E-state index < -0.39 is 36.4 Å². The number of ether oxygens (including phenoxy) is 2. The van der Waals surface area contributed by atoms with Crippen LogP contribution in [0.3, 0.4) is 0 Å². The van der Waals surface area contributed by atoms with Crippen LogP contribution in [0.4, 0.5) is 0 Å². The highest BCUT2D eigenvalue weighted by molar-refractivity contribution is 5.91. The molecule has 2 heterocycles. The highest BCUT2D eigenvalue weighted by Crippen LogP contribution is 2.47. The Kier molecular flexibility index (Phi) is 12.0. The fraction of sp³-hybridized carbons (Fsp3) is 0.857. The number of aliphatic hydroxyl groups excluding tert-OH is 4. The molecule has 39 heavy (non-hydrogen) atoms. The van der Waals surface area contributed by atoms with Crippen molar-refractivity contribution in [2.24, 2.45) is 10.8 Å². The van der Waals surface area contributed by atoms with Gasteiger partial charge >= 0.3 is 11.9 Å². The molecule has 4 rings (SSSR count). The molecule has 4 fully saturated rings. The smallest absolute Gasteiger partial charge is 0.331 e. The molecular weight excluding hydrogens is 528 g/mol. The van der Waals surface area contributed by atoms with Crippen LogP contribution in [-0.2, 0) is 19.1 Å². The first kappa shape index (κ1) is 32.2. The van der Waals surface area contributed by atoms with Crippen LogP contribution in [0.5, 0.6) is 0 Å². The zero-order valence-corrected chi connectivity index (χ0v) is 23.7. The summed E-state index contributed by atoms with van der Waals surface area (Å²) in [5.74, 6) is -1.15. The summed E-state index contributed by atoms with van der Waals surface area (Å²) in [6.45, 7) is 5.35. The van der Waals surface area contributed by atoms with Crippen LogP contribution in [0.2, 0.25) is 0 Å². The summed E-state index contributed by atoms with van der Waals surface area (Å²) >= 11 is 0. The zero-order chi connectivity index (χ0) is 27.2. The number of piperidine rings is 2. The third kappa shape index (κ3) is 7.72. The summed E-state index contributed by atoms with van der Waals surface area (Å²) < 4.78 is 10.4. The van der Waals surface area contributed by atoms with Crippen LogP contribution in [0.15, 0.2) is 12.2 Å². The number of hydrogen-bond donors (Lipinski definition) is 4. The van der Waals surface area contributed by atoms with Gasteiger partial charge in [-0.3, -0.25) is 0 Å². The maximum absolute atomic E-state index is 11.9. The van der Waals surface area contributed by atoms with Gasteiger partial charge < -0.3 is 39.7 Å². The van der Waals surface area contributed by atoms with E-state index >= 15 is 0 Å². The number of aliphatic hydroxyl groups is 4. The molecular formula is C28H47ClN2O8. The average Bonchev–Trinajstić information content (AvgIpc) is 3.35. The van der Waals surface area contributed by atoms with Crippen LogP contribution in [-0.4, -0.2) is 119 Å². The molecule has 2 aliphatic heterocycles. The molecule has 11 heteroatoms. The molecule has 0 aromatic carbocycles. The van der Waals surface area contributed by atoms with Crippen molar-refractivity contribution in [3.63, 3.8) is 0 Å². The summed E-state index contributed by atoms with van der Waals surface area (Å²) in [6, 6.07) is 0. The number of carbonyl (C=O) groups is 2. The molecule has 4 aliphatic rings. The average molecular weight is 575 g/mol. The molecule has 4 atom stereocenters. The largest absolute Gasteiger partial charge is 0.462 e. The van der Waals surface area contributed by atoms with Crippen molar-refractivity contribution < 1.29 is 39.5 Å². The van der Waals surface area contributed by atoms with Gasteiger partial charge in [-0.15, -0.1) is 12.4 Å². The molecule has 2 aliphatic carbocycles. The summed E-state index contributed by atoms with van der Waals surface area (Å²) in [5.41, 5.74) is -0.688. The highest BCUT2D eigenvalue weighted by atomic mass is 35.5. The van der Waals surface area contributed by atoms with Crippen LogP contribution >= 0.6 is 12.4 Å². The Bertz CT molecular complexity index is 736. The molecule has 4 N–H and O–H groups in total. The first-order chi connectivity index (χ1) is 18.2. The monoisotopic (exact) mass is 574 g/mol. The van der Waals surface area contributed by atoms with Crippen molar-refractivity contribution in [2.45, 2.75) is 88.6 Å². The topological polar surface area (TPSA) is 140 Å². The predicted molar refractivity (Wildman–Crippen MR) is 146 cm³/mol. The molecule has 2 saturated carbocycles. The number of hydrogen-bond acceptors (Lipinski definition) is 10. The number of esters is 2. The molecule has 10 nitrogen and oxygen atoms in total. The van der Waals surface area contributed by atoms with E-state index in [9.17, 15) is 30.0 Å². The molecule has 0 aromatic heterocycles. The van der Waals surface area contributed by atoms with Crippen LogP contribution < -0.4 is 0 Å². The number of halogens is 1. The van der Waals surface area contributed by atoms with Crippen LogP contribution in [0.25, 0.3) is 0 Å². The lowest BCUT2D eigenvalue weighted by Gasteiger charge is -2.43. The standard InChI is InChI=1S/C28H46N2O8.ClH/c31-21-3-4-22(32)27(21)9-15-29(16-10-27)13-1-19-37-25(35)7-8-26(36)38-20-2-14-30-17-11-28(12-18-30)23(33)5-6-24(28)34;/h7-8,21-24,31-34H,1-6,9-20H2;1H/b8-7+;. The summed E-state index contributed by atoms with van der Waals surface area (Å²) in [6.07, 6.45) is 7.74. The van der Waals surface area contributed by atoms with Gasteiger partial charge in [-0.2, -0.15) is 0 Å². The van der Waals surface area contributed by atoms with Gasteiger partial charge in [-0.05, 0) is 90.4 Å². The molecule has 4 unspecified atom stereocenters. The Morgan fingerprint density at radius 3 is 1.26 bits per heavy atom. The van der Waals surface area contributed by atoms with E-state index in [1.54, 1.807) is 0 Å². The van der Waals surface area contributed by atoms with Crippen LogP contribution in [0.1, 0.15) is 64.2 Å². The van der Waals surface area contributed by atoms with E-state index in [-0.39, 0.29) is 36.5 Å². The Labute approximate surface area is 237 Å². The number of rotatable bonds is 10. The highest BCUT2D eigenvalue weighted by Gasteiger charge is 2.51. The Balaban J connectivity index is 0.00000420. The van der Waals surface area contributed by atoms with Gasteiger partial charge in [0, 0.05) is 36.1 Å². The van der Waals surface area contributed by atoms with E-state index in [1.807, 2.05) is 0 Å². The maximum atomic E-state index is 11.9. The van der Waals surface area contributed by atoms with Crippen molar-refractivity contribution in [3.8, 4) is 0 Å². The second-order valence-corrected chi connectivity index (χ2v) is 11.7. The van der Waals surface area contributed by atoms with E-state index in [4.69, 9.17) is 9.47 Å². The lowest BCUT2D eigenvalue weighted by atomic mass is 9.73. The molecule has 0 radical (unpaired) electrons. The second kappa shape index (κ2) is 14.6. The third-order valence-corrected chi connectivity index (χ3v) is 9.74. The van der Waals surface area contributed by atoms with Gasteiger partial charge in [0.05, 0.1) is 37.6 Å². The SMILES string of the molecule is Cl.O=C(/C=C/C(=O)OCCCN1CCC2(CC1)C(O)CCC2O)OCCCN1CCC2(CC1)C(O)CCC2O. The summed E-state index contributed by atoms with van der Waals surface area (Å²) in [5, 5.41) is 41.2. The van der Waals surface area contributed by atoms with E-state index in [0.29, 0.717) is 38.5 Å². The lowest BCUT2D eigenvalue weighted by molar-refractivity contribution is -0.140. The number of carbonyl (C=O) groups excluding carboxylic acids is 2. The predicted octanol–water partition coefficient (Wildman–Crippen LogP) is 1.03. The van der Waals surface area contributed by atoms with E-state index in [1.165, 1.54) is 0 Å². The summed E-state index contributed by atoms with van der Waals surface area (Å²) in [7, 11) is 0. The molecule has 2 saturated heterocycles. The van der Waals surface area contributed by atoms with Gasteiger partial charge in [0.15, 0.2) is 0 Å². The molecule has 224 valence electrons. The maximum Gasteiger partial charge on any atom is 0.331 e. The zero-order valence-electron chi connectivity index (χ0n) is 22.9. The Morgan fingerprint density at radius 2 is 0.949 bits per heavy atom. The van der Waals surface area contributed by atoms with Crippen molar-refractivity contribution in [1.82, 2.24) is 9.80 Å². The van der Waals surface area contributed by atoms with Gasteiger partial charge in [0.2, 0.25) is 0 Å². The minimum absolute atomic E-state index is 0. The minimum Gasteiger partial charge on any atom is -0.462 e. The van der Waals surface area contributed by atoms with Gasteiger partial charge in [-0.25, -0.2) is 9.59 Å². The molecule has 2 spiro atoms. The van der Waals surface area contributed by atoms with E-state index in [0.717, 1.165) is 77.1 Å².